The lowest BCUT2D eigenvalue weighted by Gasteiger charge is -2.08. The summed E-state index contributed by atoms with van der Waals surface area (Å²) in [4.78, 5) is 12.4. The average molecular weight is 284 g/mol. The smallest absolute Gasteiger partial charge is 0.278 e. The molecule has 0 aliphatic carbocycles. The standard InChI is InChI=1S/C16H16N2O3/c1-8-6-5-7-11-12(10(3)21-15(8)11)13-14(19)9(2)17-18(4)16(13)20/h5-7,19H,1-4H3. The van der Waals surface area contributed by atoms with E-state index in [0.29, 0.717) is 17.0 Å². The SMILES string of the molecule is Cc1nn(C)c(=O)c(-c2c(C)oc3c(C)cccc23)c1O. The molecule has 0 unspecified atom stereocenters. The number of nitrogens with zero attached hydrogens (tertiary/aromatic N) is 2. The molecule has 3 aromatic rings. The fourth-order valence-corrected chi connectivity index (χ4v) is 2.68. The largest absolute Gasteiger partial charge is 0.505 e. The summed E-state index contributed by atoms with van der Waals surface area (Å²) >= 11 is 0. The predicted octanol–water partition coefficient (Wildman–Crippen LogP) is 2.82. The summed E-state index contributed by atoms with van der Waals surface area (Å²) in [5.74, 6) is 0.516. The zero-order chi connectivity index (χ0) is 15.3. The first-order valence-corrected chi connectivity index (χ1v) is 6.67. The van der Waals surface area contributed by atoms with Crippen LogP contribution in [0.4, 0.5) is 0 Å². The van der Waals surface area contributed by atoms with Gasteiger partial charge in [0, 0.05) is 18.0 Å². The van der Waals surface area contributed by atoms with E-state index in [9.17, 15) is 9.90 Å². The Labute approximate surface area is 121 Å². The highest BCUT2D eigenvalue weighted by molar-refractivity contribution is 5.98. The molecule has 0 bridgehead atoms. The average Bonchev–Trinajstić information content (AvgIpc) is 2.76. The van der Waals surface area contributed by atoms with Gasteiger partial charge in [0.15, 0.2) is 5.75 Å². The van der Waals surface area contributed by atoms with Gasteiger partial charge in [0.2, 0.25) is 0 Å². The molecule has 0 amide bonds. The monoisotopic (exact) mass is 284 g/mol. The van der Waals surface area contributed by atoms with Gasteiger partial charge in [-0.1, -0.05) is 18.2 Å². The lowest BCUT2D eigenvalue weighted by atomic mass is 10.0. The Morgan fingerprint density at radius 3 is 2.62 bits per heavy atom. The summed E-state index contributed by atoms with van der Waals surface area (Å²) in [5, 5.41) is 15.1. The van der Waals surface area contributed by atoms with E-state index in [-0.39, 0.29) is 16.9 Å². The van der Waals surface area contributed by atoms with Gasteiger partial charge in [0.05, 0.1) is 5.56 Å². The molecule has 0 spiro atoms. The van der Waals surface area contributed by atoms with E-state index >= 15 is 0 Å². The maximum atomic E-state index is 12.4. The predicted molar refractivity (Wildman–Crippen MR) is 80.6 cm³/mol. The molecule has 0 radical (unpaired) electrons. The third kappa shape index (κ3) is 1.85. The zero-order valence-electron chi connectivity index (χ0n) is 12.4. The molecule has 3 rings (SSSR count). The van der Waals surface area contributed by atoms with Crippen molar-refractivity contribution < 1.29 is 9.52 Å². The van der Waals surface area contributed by atoms with Crippen LogP contribution >= 0.6 is 0 Å². The van der Waals surface area contributed by atoms with E-state index in [1.807, 2.05) is 25.1 Å². The minimum Gasteiger partial charge on any atom is -0.505 e. The molecule has 108 valence electrons. The Bertz CT molecular complexity index is 919. The van der Waals surface area contributed by atoms with Gasteiger partial charge in [-0.05, 0) is 26.3 Å². The first kappa shape index (κ1) is 13.4. The fourth-order valence-electron chi connectivity index (χ4n) is 2.68. The van der Waals surface area contributed by atoms with Gasteiger partial charge in [-0.15, -0.1) is 0 Å². The van der Waals surface area contributed by atoms with Crippen LogP contribution in [0.15, 0.2) is 27.4 Å². The maximum absolute atomic E-state index is 12.4. The highest BCUT2D eigenvalue weighted by atomic mass is 16.3. The summed E-state index contributed by atoms with van der Waals surface area (Å²) in [6.07, 6.45) is 0. The molecule has 0 saturated heterocycles. The number of aromatic hydroxyl groups is 1. The second-order valence-corrected chi connectivity index (χ2v) is 5.22. The summed E-state index contributed by atoms with van der Waals surface area (Å²) < 4.78 is 7.03. The molecular weight excluding hydrogens is 268 g/mol. The van der Waals surface area contributed by atoms with Crippen LogP contribution in [0.5, 0.6) is 5.75 Å². The summed E-state index contributed by atoms with van der Waals surface area (Å²) in [5.41, 5.74) is 2.67. The number of fused-ring (bicyclic) bond motifs is 1. The van der Waals surface area contributed by atoms with Crippen LogP contribution in [0.2, 0.25) is 0 Å². The van der Waals surface area contributed by atoms with Crippen molar-refractivity contribution in [1.29, 1.82) is 0 Å². The molecule has 2 aromatic heterocycles. The quantitative estimate of drug-likeness (QED) is 0.746. The van der Waals surface area contributed by atoms with Crippen molar-refractivity contribution in [2.24, 2.45) is 7.05 Å². The van der Waals surface area contributed by atoms with Crippen molar-refractivity contribution in [3.8, 4) is 16.9 Å². The molecule has 0 aliphatic rings. The van der Waals surface area contributed by atoms with Gasteiger partial charge >= 0.3 is 0 Å². The molecule has 2 heterocycles. The van der Waals surface area contributed by atoms with Crippen molar-refractivity contribution in [3.05, 3.63) is 45.6 Å². The van der Waals surface area contributed by atoms with Crippen LogP contribution in [-0.4, -0.2) is 14.9 Å². The van der Waals surface area contributed by atoms with Gasteiger partial charge < -0.3 is 9.52 Å². The Morgan fingerprint density at radius 2 is 1.90 bits per heavy atom. The van der Waals surface area contributed by atoms with E-state index in [2.05, 4.69) is 5.10 Å². The fraction of sp³-hybridized carbons (Fsp3) is 0.250. The number of aromatic nitrogens is 2. The van der Waals surface area contributed by atoms with E-state index in [4.69, 9.17) is 4.42 Å². The molecule has 5 heteroatoms. The molecule has 21 heavy (non-hydrogen) atoms. The summed E-state index contributed by atoms with van der Waals surface area (Å²) in [7, 11) is 1.57. The summed E-state index contributed by atoms with van der Waals surface area (Å²) in [6.45, 7) is 5.41. The van der Waals surface area contributed by atoms with Crippen molar-refractivity contribution in [2.45, 2.75) is 20.8 Å². The van der Waals surface area contributed by atoms with Crippen LogP contribution in [-0.2, 0) is 7.05 Å². The zero-order valence-corrected chi connectivity index (χ0v) is 12.4. The van der Waals surface area contributed by atoms with Crippen molar-refractivity contribution in [3.63, 3.8) is 0 Å². The third-order valence-corrected chi connectivity index (χ3v) is 3.73. The van der Waals surface area contributed by atoms with Crippen molar-refractivity contribution in [1.82, 2.24) is 9.78 Å². The Kier molecular flexibility index (Phi) is 2.86. The topological polar surface area (TPSA) is 68.3 Å². The number of hydrogen-bond acceptors (Lipinski definition) is 4. The maximum Gasteiger partial charge on any atom is 0.278 e. The third-order valence-electron chi connectivity index (χ3n) is 3.73. The minimum absolute atomic E-state index is 0.0922. The van der Waals surface area contributed by atoms with Gasteiger partial charge in [-0.25, -0.2) is 4.68 Å². The summed E-state index contributed by atoms with van der Waals surface area (Å²) in [6, 6.07) is 5.75. The van der Waals surface area contributed by atoms with E-state index in [1.54, 1.807) is 20.9 Å². The number of hydrogen-bond donors (Lipinski definition) is 1. The minimum atomic E-state index is -0.342. The molecule has 0 fully saturated rings. The van der Waals surface area contributed by atoms with Gasteiger partial charge in [-0.3, -0.25) is 4.79 Å². The molecule has 0 aliphatic heterocycles. The van der Waals surface area contributed by atoms with Crippen LogP contribution in [0.25, 0.3) is 22.1 Å². The lowest BCUT2D eigenvalue weighted by molar-refractivity contribution is 0.460. The van der Waals surface area contributed by atoms with Crippen molar-refractivity contribution >= 4 is 11.0 Å². The highest BCUT2D eigenvalue weighted by Gasteiger charge is 2.22. The van der Waals surface area contributed by atoms with E-state index in [1.165, 1.54) is 4.68 Å². The number of para-hydroxylation sites is 1. The normalized spacial score (nSPS) is 11.2. The first-order valence-electron chi connectivity index (χ1n) is 6.67. The van der Waals surface area contributed by atoms with Crippen molar-refractivity contribution in [2.75, 3.05) is 0 Å². The molecule has 5 nitrogen and oxygen atoms in total. The molecule has 0 atom stereocenters. The molecule has 1 N–H and O–H groups in total. The van der Waals surface area contributed by atoms with Gasteiger partial charge in [-0.2, -0.15) is 5.10 Å². The second kappa shape index (κ2) is 4.48. The molecular formula is C16H16N2O3. The molecule has 1 aromatic carbocycles. The van der Waals surface area contributed by atoms with Crippen LogP contribution in [0.1, 0.15) is 17.0 Å². The second-order valence-electron chi connectivity index (χ2n) is 5.22. The Balaban J connectivity index is 2.50. The molecule has 0 saturated carbocycles. The number of benzene rings is 1. The Hall–Kier alpha value is -2.56. The van der Waals surface area contributed by atoms with Crippen LogP contribution in [0.3, 0.4) is 0 Å². The van der Waals surface area contributed by atoms with E-state index < -0.39 is 0 Å². The van der Waals surface area contributed by atoms with E-state index in [0.717, 1.165) is 16.5 Å². The van der Waals surface area contributed by atoms with Gasteiger partial charge in [0.1, 0.15) is 17.0 Å². The lowest BCUT2D eigenvalue weighted by Crippen LogP contribution is -2.22. The number of aryl methyl sites for hydroxylation is 4. The van der Waals surface area contributed by atoms with Crippen LogP contribution in [0, 0.1) is 20.8 Å². The number of furan rings is 1. The van der Waals surface area contributed by atoms with Crippen LogP contribution < -0.4 is 5.56 Å². The Morgan fingerprint density at radius 1 is 1.19 bits per heavy atom. The van der Waals surface area contributed by atoms with Gasteiger partial charge in [0.25, 0.3) is 5.56 Å². The number of rotatable bonds is 1. The first-order chi connectivity index (χ1) is 9.91. The highest BCUT2D eigenvalue weighted by Crippen LogP contribution is 2.38.